The minimum absolute atomic E-state index is 0.00578. The molecule has 28 heavy (non-hydrogen) atoms. The van der Waals surface area contributed by atoms with Gasteiger partial charge in [0, 0.05) is 13.0 Å². The SMILES string of the molecule is CC(C)(C)[Si](OCC[C@@H]1CC=C[C@@H]1CC=O)(c1ccccc1)c1ccccc1. The molecule has 148 valence electrons. The van der Waals surface area contributed by atoms with Crippen LogP contribution in [0.1, 0.15) is 40.0 Å². The Morgan fingerprint density at radius 3 is 2.07 bits per heavy atom. The summed E-state index contributed by atoms with van der Waals surface area (Å²) in [5, 5.41) is 2.65. The maximum absolute atomic E-state index is 11.0. The Morgan fingerprint density at radius 1 is 1.00 bits per heavy atom. The van der Waals surface area contributed by atoms with Crippen molar-refractivity contribution in [2.24, 2.45) is 11.8 Å². The maximum Gasteiger partial charge on any atom is 0.261 e. The molecule has 0 N–H and O–H groups in total. The highest BCUT2D eigenvalue weighted by Crippen LogP contribution is 2.37. The molecular weight excluding hydrogens is 360 g/mol. The Bertz CT molecular complexity index is 738. The van der Waals surface area contributed by atoms with Crippen molar-refractivity contribution >= 4 is 25.0 Å². The number of allylic oxidation sites excluding steroid dienone is 2. The number of hydrogen-bond acceptors (Lipinski definition) is 2. The molecule has 1 aliphatic carbocycles. The summed E-state index contributed by atoms with van der Waals surface area (Å²) in [6.07, 6.45) is 8.17. The summed E-state index contributed by atoms with van der Waals surface area (Å²) < 4.78 is 6.98. The second-order valence-corrected chi connectivity index (χ2v) is 13.1. The molecule has 0 fully saturated rings. The first-order chi connectivity index (χ1) is 13.5. The second kappa shape index (κ2) is 9.02. The van der Waals surface area contributed by atoms with Crippen molar-refractivity contribution in [3.8, 4) is 0 Å². The van der Waals surface area contributed by atoms with Crippen molar-refractivity contribution < 1.29 is 9.22 Å². The molecular formula is C25H32O2Si. The van der Waals surface area contributed by atoms with E-state index in [4.69, 9.17) is 4.43 Å². The zero-order chi connectivity index (χ0) is 20.0. The fraction of sp³-hybridized carbons (Fsp3) is 0.400. The first-order valence-corrected chi connectivity index (χ1v) is 12.2. The summed E-state index contributed by atoms with van der Waals surface area (Å²) in [5.74, 6) is 0.892. The number of carbonyl (C=O) groups excluding carboxylic acids is 1. The third kappa shape index (κ3) is 4.21. The molecule has 0 amide bonds. The van der Waals surface area contributed by atoms with Gasteiger partial charge in [0.1, 0.15) is 6.29 Å². The van der Waals surface area contributed by atoms with Crippen molar-refractivity contribution in [1.82, 2.24) is 0 Å². The number of aldehydes is 1. The predicted octanol–water partition coefficient (Wildman–Crippen LogP) is 4.73. The van der Waals surface area contributed by atoms with Gasteiger partial charge in [-0.3, -0.25) is 0 Å². The van der Waals surface area contributed by atoms with E-state index < -0.39 is 8.32 Å². The van der Waals surface area contributed by atoms with E-state index in [0.29, 0.717) is 18.3 Å². The summed E-state index contributed by atoms with van der Waals surface area (Å²) in [4.78, 5) is 11.0. The van der Waals surface area contributed by atoms with E-state index in [9.17, 15) is 4.79 Å². The predicted molar refractivity (Wildman–Crippen MR) is 120 cm³/mol. The van der Waals surface area contributed by atoms with E-state index in [1.165, 1.54) is 10.4 Å². The van der Waals surface area contributed by atoms with Crippen LogP contribution in [0.2, 0.25) is 5.04 Å². The van der Waals surface area contributed by atoms with E-state index in [-0.39, 0.29) is 5.04 Å². The molecule has 0 unspecified atom stereocenters. The van der Waals surface area contributed by atoms with Crippen LogP contribution in [0.3, 0.4) is 0 Å². The highest BCUT2D eigenvalue weighted by atomic mass is 28.4. The van der Waals surface area contributed by atoms with E-state index in [2.05, 4.69) is 93.6 Å². The molecule has 0 spiro atoms. The smallest absolute Gasteiger partial charge is 0.261 e. The van der Waals surface area contributed by atoms with Gasteiger partial charge in [-0.1, -0.05) is 93.6 Å². The Kier molecular flexibility index (Phi) is 6.68. The van der Waals surface area contributed by atoms with E-state index in [0.717, 1.165) is 25.7 Å². The molecule has 0 bridgehead atoms. The third-order valence-corrected chi connectivity index (χ3v) is 11.1. The lowest BCUT2D eigenvalue weighted by Crippen LogP contribution is -2.66. The molecule has 2 nitrogen and oxygen atoms in total. The molecule has 3 rings (SSSR count). The van der Waals surface area contributed by atoms with Gasteiger partial charge in [-0.25, -0.2) is 0 Å². The Labute approximate surface area is 170 Å². The lowest BCUT2D eigenvalue weighted by atomic mass is 9.91. The first-order valence-electron chi connectivity index (χ1n) is 10.3. The van der Waals surface area contributed by atoms with Gasteiger partial charge in [0.2, 0.25) is 0 Å². The number of carbonyl (C=O) groups is 1. The molecule has 2 aromatic carbocycles. The number of benzene rings is 2. The van der Waals surface area contributed by atoms with E-state index in [1.807, 2.05) is 0 Å². The maximum atomic E-state index is 11.0. The fourth-order valence-corrected chi connectivity index (χ4v) is 9.18. The molecule has 2 aromatic rings. The molecule has 0 saturated carbocycles. The van der Waals surface area contributed by atoms with Gasteiger partial charge in [-0.15, -0.1) is 0 Å². The standard InChI is InChI=1S/C25H32O2Si/c1-25(2,3)28(23-13-6-4-7-14-23,24-15-8-5-9-16-24)27-20-18-22-12-10-11-21(22)17-19-26/h4-11,13-16,19,21-22H,12,17-18,20H2,1-3H3/t21-,22+/m1/s1. The van der Waals surface area contributed by atoms with E-state index >= 15 is 0 Å². The summed E-state index contributed by atoms with van der Waals surface area (Å²) in [6.45, 7) is 7.66. The van der Waals surface area contributed by atoms with Crippen LogP contribution in [-0.4, -0.2) is 21.2 Å². The van der Waals surface area contributed by atoms with Gasteiger partial charge < -0.3 is 9.22 Å². The van der Waals surface area contributed by atoms with Crippen molar-refractivity contribution in [2.75, 3.05) is 6.61 Å². The van der Waals surface area contributed by atoms with Gasteiger partial charge in [-0.05, 0) is 40.1 Å². The molecule has 0 aromatic heterocycles. The van der Waals surface area contributed by atoms with Gasteiger partial charge in [0.25, 0.3) is 8.32 Å². The van der Waals surface area contributed by atoms with Crippen molar-refractivity contribution in [3.63, 3.8) is 0 Å². The van der Waals surface area contributed by atoms with Crippen LogP contribution in [0.4, 0.5) is 0 Å². The zero-order valence-corrected chi connectivity index (χ0v) is 18.3. The molecule has 2 atom stereocenters. The third-order valence-electron chi connectivity index (χ3n) is 6.02. The summed E-state index contributed by atoms with van der Waals surface area (Å²) in [7, 11) is -2.45. The van der Waals surface area contributed by atoms with E-state index in [1.54, 1.807) is 0 Å². The average Bonchev–Trinajstić information content (AvgIpc) is 3.13. The molecule has 0 heterocycles. The zero-order valence-electron chi connectivity index (χ0n) is 17.3. The molecule has 0 radical (unpaired) electrons. The Morgan fingerprint density at radius 2 is 1.57 bits per heavy atom. The van der Waals surface area contributed by atoms with Crippen LogP contribution in [0.5, 0.6) is 0 Å². The largest absolute Gasteiger partial charge is 0.407 e. The first kappa shape index (κ1) is 20.8. The molecule has 3 heteroatoms. The Hall–Kier alpha value is -1.97. The van der Waals surface area contributed by atoms with Crippen LogP contribution in [-0.2, 0) is 9.22 Å². The fourth-order valence-electron chi connectivity index (χ4n) is 4.60. The van der Waals surface area contributed by atoms with Gasteiger partial charge in [0.15, 0.2) is 0 Å². The summed E-state index contributed by atoms with van der Waals surface area (Å²) >= 11 is 0. The van der Waals surface area contributed by atoms with Crippen LogP contribution >= 0.6 is 0 Å². The van der Waals surface area contributed by atoms with Gasteiger partial charge >= 0.3 is 0 Å². The molecule has 0 aliphatic heterocycles. The minimum atomic E-state index is -2.45. The topological polar surface area (TPSA) is 26.3 Å². The monoisotopic (exact) mass is 392 g/mol. The van der Waals surface area contributed by atoms with Crippen molar-refractivity contribution in [3.05, 3.63) is 72.8 Å². The normalized spacial score (nSPS) is 19.7. The van der Waals surface area contributed by atoms with Crippen LogP contribution < -0.4 is 10.4 Å². The van der Waals surface area contributed by atoms with Crippen molar-refractivity contribution in [2.45, 2.75) is 45.1 Å². The van der Waals surface area contributed by atoms with Crippen LogP contribution in [0.15, 0.2) is 72.8 Å². The van der Waals surface area contributed by atoms with Crippen LogP contribution in [0.25, 0.3) is 0 Å². The van der Waals surface area contributed by atoms with Crippen molar-refractivity contribution in [1.29, 1.82) is 0 Å². The number of hydrogen-bond donors (Lipinski definition) is 0. The average molecular weight is 393 g/mol. The highest BCUT2D eigenvalue weighted by Gasteiger charge is 2.50. The molecule has 0 saturated heterocycles. The lowest BCUT2D eigenvalue weighted by molar-refractivity contribution is -0.108. The number of rotatable bonds is 8. The minimum Gasteiger partial charge on any atom is -0.407 e. The lowest BCUT2D eigenvalue weighted by Gasteiger charge is -2.43. The second-order valence-electron chi connectivity index (χ2n) is 8.79. The van der Waals surface area contributed by atoms with Gasteiger partial charge in [0.05, 0.1) is 0 Å². The quantitative estimate of drug-likeness (QED) is 0.369. The van der Waals surface area contributed by atoms with Gasteiger partial charge in [-0.2, -0.15) is 0 Å². The highest BCUT2D eigenvalue weighted by molar-refractivity contribution is 6.99. The Balaban J connectivity index is 1.90. The van der Waals surface area contributed by atoms with Crippen LogP contribution in [0, 0.1) is 11.8 Å². The summed E-state index contributed by atoms with van der Waals surface area (Å²) in [5.41, 5.74) is 0. The summed E-state index contributed by atoms with van der Waals surface area (Å²) in [6, 6.07) is 21.6. The molecule has 1 aliphatic rings.